The van der Waals surface area contributed by atoms with E-state index in [-0.39, 0.29) is 30.6 Å². The van der Waals surface area contributed by atoms with E-state index in [9.17, 15) is 9.59 Å². The maximum atomic E-state index is 13.1. The summed E-state index contributed by atoms with van der Waals surface area (Å²) in [6.07, 6.45) is 4.29. The van der Waals surface area contributed by atoms with Gasteiger partial charge in [0.05, 0.1) is 32.2 Å². The number of ether oxygens (including phenoxy) is 3. The van der Waals surface area contributed by atoms with Gasteiger partial charge in [0.25, 0.3) is 0 Å². The molecule has 0 unspecified atom stereocenters. The molecule has 0 radical (unpaired) electrons. The number of hydrogen-bond acceptors (Lipinski definition) is 5. The molecule has 2 atom stereocenters. The molecule has 0 N–H and O–H groups in total. The first-order valence-electron chi connectivity index (χ1n) is 14.5. The van der Waals surface area contributed by atoms with Crippen molar-refractivity contribution in [3.05, 3.63) is 89.0 Å². The van der Waals surface area contributed by atoms with E-state index in [4.69, 9.17) is 14.2 Å². The molecule has 0 spiro atoms. The Morgan fingerprint density at radius 3 is 2.42 bits per heavy atom. The Hall–Kier alpha value is -3.80. The van der Waals surface area contributed by atoms with E-state index in [1.54, 1.807) is 4.90 Å². The van der Waals surface area contributed by atoms with Gasteiger partial charge in [-0.05, 0) is 85.8 Å². The zero-order valence-electron chi connectivity index (χ0n) is 23.3. The van der Waals surface area contributed by atoms with Gasteiger partial charge in [0.15, 0.2) is 0 Å². The van der Waals surface area contributed by atoms with Gasteiger partial charge in [-0.15, -0.1) is 0 Å². The predicted octanol–water partition coefficient (Wildman–Crippen LogP) is 7.03. The quantitative estimate of drug-likeness (QED) is 0.245. The summed E-state index contributed by atoms with van der Waals surface area (Å²) in [6, 6.07) is 22.1. The summed E-state index contributed by atoms with van der Waals surface area (Å²) >= 11 is 0. The standard InChI is InChI=1S/C34H37NO5/c1-22-8-14-29(28(16-22)19-35-23(2)33(40-34(35)37)27-6-4-3-5-7-27)30-17-26(18-32(36)39-21-25-11-12-25)13-15-31(30)38-20-24-9-10-24/h3-8,13-17,23-25,33H,9-12,18-21H2,1-2H3/t23-,33-/m0/s1. The van der Waals surface area contributed by atoms with Crippen LogP contribution < -0.4 is 4.74 Å². The van der Waals surface area contributed by atoms with Crippen LogP contribution in [-0.4, -0.2) is 36.2 Å². The smallest absolute Gasteiger partial charge is 0.411 e. The molecule has 0 aromatic heterocycles. The zero-order chi connectivity index (χ0) is 27.6. The Morgan fingerprint density at radius 2 is 1.68 bits per heavy atom. The number of esters is 1. The predicted molar refractivity (Wildman–Crippen MR) is 153 cm³/mol. The van der Waals surface area contributed by atoms with E-state index < -0.39 is 0 Å². The van der Waals surface area contributed by atoms with Gasteiger partial charge in [-0.3, -0.25) is 9.69 Å². The number of amides is 1. The SMILES string of the molecule is Cc1ccc(-c2cc(CC(=O)OCC3CC3)ccc2OCC2CC2)c(CN2C(=O)O[C@H](c3ccccc3)[C@@H]2C)c1. The number of benzene rings is 3. The number of carbonyl (C=O) groups is 2. The third kappa shape index (κ3) is 6.16. The lowest BCUT2D eigenvalue weighted by Crippen LogP contribution is -2.31. The number of nitrogens with zero attached hydrogens (tertiary/aromatic N) is 1. The van der Waals surface area contributed by atoms with Crippen molar-refractivity contribution in [2.75, 3.05) is 13.2 Å². The van der Waals surface area contributed by atoms with Crippen molar-refractivity contribution < 1.29 is 23.8 Å². The number of carbonyl (C=O) groups excluding carboxylic acids is 2. The third-order valence-corrected chi connectivity index (χ3v) is 8.15. The number of hydrogen-bond donors (Lipinski definition) is 0. The van der Waals surface area contributed by atoms with Crippen LogP contribution in [0.1, 0.15) is 61.0 Å². The van der Waals surface area contributed by atoms with Crippen molar-refractivity contribution in [2.45, 2.75) is 64.6 Å². The molecule has 3 fully saturated rings. The summed E-state index contributed by atoms with van der Waals surface area (Å²) in [7, 11) is 0. The molecule has 2 saturated carbocycles. The minimum atomic E-state index is -0.315. The normalized spacial score (nSPS) is 20.4. The molecule has 1 heterocycles. The second-order valence-electron chi connectivity index (χ2n) is 11.6. The van der Waals surface area contributed by atoms with Gasteiger partial charge in [-0.2, -0.15) is 0 Å². The van der Waals surface area contributed by atoms with Crippen molar-refractivity contribution in [1.29, 1.82) is 0 Å². The lowest BCUT2D eigenvalue weighted by molar-refractivity contribution is -0.143. The highest BCUT2D eigenvalue weighted by Gasteiger charge is 2.40. The van der Waals surface area contributed by atoms with Crippen molar-refractivity contribution in [2.24, 2.45) is 11.8 Å². The molecule has 208 valence electrons. The van der Waals surface area contributed by atoms with Crippen molar-refractivity contribution in [3.8, 4) is 16.9 Å². The first kappa shape index (κ1) is 26.4. The van der Waals surface area contributed by atoms with Crippen LogP contribution in [0.25, 0.3) is 11.1 Å². The van der Waals surface area contributed by atoms with Crippen LogP contribution in [-0.2, 0) is 27.2 Å². The molecule has 6 rings (SSSR count). The van der Waals surface area contributed by atoms with Crippen molar-refractivity contribution in [3.63, 3.8) is 0 Å². The van der Waals surface area contributed by atoms with Crippen LogP contribution in [0.3, 0.4) is 0 Å². The summed E-state index contributed by atoms with van der Waals surface area (Å²) in [6.45, 7) is 5.71. The second kappa shape index (κ2) is 11.4. The summed E-state index contributed by atoms with van der Waals surface area (Å²) in [5, 5.41) is 0. The molecular weight excluding hydrogens is 502 g/mol. The van der Waals surface area contributed by atoms with Gasteiger partial charge < -0.3 is 14.2 Å². The van der Waals surface area contributed by atoms with E-state index >= 15 is 0 Å². The van der Waals surface area contributed by atoms with E-state index in [2.05, 4.69) is 25.1 Å². The Labute approximate surface area is 236 Å². The largest absolute Gasteiger partial charge is 0.493 e. The molecule has 40 heavy (non-hydrogen) atoms. The Bertz CT molecular complexity index is 1380. The molecule has 6 nitrogen and oxygen atoms in total. The van der Waals surface area contributed by atoms with Gasteiger partial charge in [-0.25, -0.2) is 4.79 Å². The van der Waals surface area contributed by atoms with Crippen molar-refractivity contribution in [1.82, 2.24) is 4.90 Å². The maximum absolute atomic E-state index is 13.1. The molecule has 3 aromatic rings. The maximum Gasteiger partial charge on any atom is 0.411 e. The van der Waals surface area contributed by atoms with Crippen molar-refractivity contribution >= 4 is 12.1 Å². The van der Waals surface area contributed by atoms with E-state index in [1.165, 1.54) is 12.8 Å². The fourth-order valence-electron chi connectivity index (χ4n) is 5.33. The second-order valence-corrected chi connectivity index (χ2v) is 11.6. The highest BCUT2D eigenvalue weighted by atomic mass is 16.6. The number of cyclic esters (lactones) is 1. The van der Waals surface area contributed by atoms with Crippen LogP contribution in [0.4, 0.5) is 4.79 Å². The molecule has 1 aliphatic heterocycles. The highest BCUT2D eigenvalue weighted by molar-refractivity contribution is 5.78. The number of rotatable bonds is 11. The van der Waals surface area contributed by atoms with Gasteiger partial charge >= 0.3 is 12.1 Å². The van der Waals surface area contributed by atoms with E-state index in [0.717, 1.165) is 52.0 Å². The molecule has 3 aromatic carbocycles. The molecule has 3 aliphatic rings. The summed E-state index contributed by atoms with van der Waals surface area (Å²) < 4.78 is 17.7. The Morgan fingerprint density at radius 1 is 0.925 bits per heavy atom. The fraction of sp³-hybridized carbons (Fsp3) is 0.412. The highest BCUT2D eigenvalue weighted by Crippen LogP contribution is 2.39. The molecular formula is C34H37NO5. The minimum Gasteiger partial charge on any atom is -0.493 e. The van der Waals surface area contributed by atoms with Gasteiger partial charge in [0, 0.05) is 5.56 Å². The summed E-state index contributed by atoms with van der Waals surface area (Å²) in [5.74, 6) is 1.74. The molecule has 0 bridgehead atoms. The molecule has 6 heteroatoms. The van der Waals surface area contributed by atoms with E-state index in [0.29, 0.717) is 31.6 Å². The van der Waals surface area contributed by atoms with Gasteiger partial charge in [-0.1, -0.05) is 60.2 Å². The lowest BCUT2D eigenvalue weighted by atomic mass is 9.94. The van der Waals surface area contributed by atoms with Crippen LogP contribution in [0.5, 0.6) is 5.75 Å². The van der Waals surface area contributed by atoms with Crippen LogP contribution >= 0.6 is 0 Å². The van der Waals surface area contributed by atoms with Gasteiger partial charge in [0.2, 0.25) is 0 Å². The average molecular weight is 540 g/mol. The summed E-state index contributed by atoms with van der Waals surface area (Å²) in [5.41, 5.74) is 5.93. The topological polar surface area (TPSA) is 65.1 Å². The first-order chi connectivity index (χ1) is 19.4. The van der Waals surface area contributed by atoms with Gasteiger partial charge in [0.1, 0.15) is 11.9 Å². The molecule has 1 amide bonds. The number of aryl methyl sites for hydroxylation is 1. The zero-order valence-corrected chi connectivity index (χ0v) is 23.3. The monoisotopic (exact) mass is 539 g/mol. The van der Waals surface area contributed by atoms with Crippen LogP contribution in [0.2, 0.25) is 0 Å². The van der Waals surface area contributed by atoms with Crippen LogP contribution in [0, 0.1) is 18.8 Å². The minimum absolute atomic E-state index is 0.124. The Kier molecular flexibility index (Phi) is 7.50. The lowest BCUT2D eigenvalue weighted by Gasteiger charge is -2.23. The van der Waals surface area contributed by atoms with Crippen LogP contribution in [0.15, 0.2) is 66.7 Å². The average Bonchev–Trinajstić information content (AvgIpc) is 3.89. The fourth-order valence-corrected chi connectivity index (χ4v) is 5.33. The third-order valence-electron chi connectivity index (χ3n) is 8.15. The Balaban J connectivity index is 1.29. The first-order valence-corrected chi connectivity index (χ1v) is 14.5. The van der Waals surface area contributed by atoms with E-state index in [1.807, 2.05) is 55.5 Å². The molecule has 1 saturated heterocycles. The molecule has 2 aliphatic carbocycles. The summed E-state index contributed by atoms with van der Waals surface area (Å²) in [4.78, 5) is 27.4.